The van der Waals surface area contributed by atoms with E-state index in [9.17, 15) is 14.4 Å². The lowest BCUT2D eigenvalue weighted by Gasteiger charge is -2.17. The molecule has 0 saturated heterocycles. The second-order valence-corrected chi connectivity index (χ2v) is 4.17. The van der Waals surface area contributed by atoms with Crippen LogP contribution < -0.4 is 0 Å². The van der Waals surface area contributed by atoms with Crippen LogP contribution in [0.2, 0.25) is 0 Å². The number of carbonyl (C=O) groups is 3. The summed E-state index contributed by atoms with van der Waals surface area (Å²) in [6.45, 7) is 4.33. The van der Waals surface area contributed by atoms with E-state index >= 15 is 0 Å². The van der Waals surface area contributed by atoms with Gasteiger partial charge in [0.25, 0.3) is 0 Å². The van der Waals surface area contributed by atoms with Crippen molar-refractivity contribution in [2.75, 3.05) is 13.2 Å². The van der Waals surface area contributed by atoms with Crippen LogP contribution in [0.1, 0.15) is 46.5 Å². The normalized spacial score (nSPS) is 10.1. The molecule has 0 aromatic carbocycles. The van der Waals surface area contributed by atoms with Crippen LogP contribution in [0.4, 0.5) is 0 Å². The van der Waals surface area contributed by atoms with Crippen LogP contribution in [0.15, 0.2) is 0 Å². The molecule has 0 unspecified atom stereocenters. The summed E-state index contributed by atoms with van der Waals surface area (Å²) in [4.78, 5) is 32.9. The Labute approximate surface area is 113 Å². The van der Waals surface area contributed by atoms with Gasteiger partial charge >= 0.3 is 17.9 Å². The molecule has 0 aliphatic rings. The Morgan fingerprint density at radius 3 is 1.89 bits per heavy atom. The van der Waals surface area contributed by atoms with Crippen molar-refractivity contribution in [2.45, 2.75) is 52.6 Å². The molecule has 0 aromatic heterocycles. The van der Waals surface area contributed by atoms with Gasteiger partial charge in [0.15, 0.2) is 6.10 Å². The first-order chi connectivity index (χ1) is 8.95. The second-order valence-electron chi connectivity index (χ2n) is 4.17. The molecule has 0 heterocycles. The van der Waals surface area contributed by atoms with E-state index in [-0.39, 0.29) is 19.2 Å². The van der Waals surface area contributed by atoms with Gasteiger partial charge in [-0.1, -0.05) is 19.8 Å². The van der Waals surface area contributed by atoms with Gasteiger partial charge in [0.05, 0.1) is 0 Å². The van der Waals surface area contributed by atoms with Crippen molar-refractivity contribution >= 4 is 17.9 Å². The standard InChI is InChI=1S/C13H22O6/c1-4-5-6-7-13(16)19-12(8-17-10(2)14)9-18-11(3)15/h12H,4-9H2,1-3H3. The molecule has 0 radical (unpaired) electrons. The Balaban J connectivity index is 4.11. The molecule has 0 aliphatic carbocycles. The van der Waals surface area contributed by atoms with E-state index in [1.807, 2.05) is 6.92 Å². The first-order valence-corrected chi connectivity index (χ1v) is 6.41. The molecule has 19 heavy (non-hydrogen) atoms. The number of esters is 3. The highest BCUT2D eigenvalue weighted by Gasteiger charge is 2.17. The Morgan fingerprint density at radius 2 is 1.47 bits per heavy atom. The minimum atomic E-state index is -0.748. The molecule has 0 atom stereocenters. The number of unbranched alkanes of at least 4 members (excludes halogenated alkanes) is 2. The number of ether oxygens (including phenoxy) is 3. The summed E-state index contributed by atoms with van der Waals surface area (Å²) in [5, 5.41) is 0. The van der Waals surface area contributed by atoms with Gasteiger partial charge in [-0.2, -0.15) is 0 Å². The molecule has 0 amide bonds. The Morgan fingerprint density at radius 1 is 0.947 bits per heavy atom. The van der Waals surface area contributed by atoms with Crippen molar-refractivity contribution in [3.63, 3.8) is 0 Å². The minimum Gasteiger partial charge on any atom is -0.462 e. The van der Waals surface area contributed by atoms with Gasteiger partial charge in [-0.05, 0) is 6.42 Å². The summed E-state index contributed by atoms with van der Waals surface area (Å²) in [5.41, 5.74) is 0. The predicted molar refractivity (Wildman–Crippen MR) is 67.3 cm³/mol. The largest absolute Gasteiger partial charge is 0.462 e. The predicted octanol–water partition coefficient (Wildman–Crippen LogP) is 1.60. The van der Waals surface area contributed by atoms with Crippen molar-refractivity contribution in [1.29, 1.82) is 0 Å². The number of hydrogen-bond donors (Lipinski definition) is 0. The van der Waals surface area contributed by atoms with Gasteiger partial charge < -0.3 is 14.2 Å². The maximum Gasteiger partial charge on any atom is 0.306 e. The van der Waals surface area contributed by atoms with E-state index in [1.54, 1.807) is 0 Å². The van der Waals surface area contributed by atoms with E-state index in [0.29, 0.717) is 6.42 Å². The van der Waals surface area contributed by atoms with E-state index in [0.717, 1.165) is 19.3 Å². The highest BCUT2D eigenvalue weighted by Crippen LogP contribution is 2.04. The third-order valence-corrected chi connectivity index (χ3v) is 2.23. The van der Waals surface area contributed by atoms with Gasteiger partial charge in [0.2, 0.25) is 0 Å². The Kier molecular flexibility index (Phi) is 9.48. The lowest BCUT2D eigenvalue weighted by Crippen LogP contribution is -2.30. The number of carbonyl (C=O) groups excluding carboxylic acids is 3. The maximum atomic E-state index is 11.5. The zero-order valence-corrected chi connectivity index (χ0v) is 11.8. The van der Waals surface area contributed by atoms with Crippen LogP contribution in [0.5, 0.6) is 0 Å². The van der Waals surface area contributed by atoms with E-state index in [2.05, 4.69) is 0 Å². The third-order valence-electron chi connectivity index (χ3n) is 2.23. The summed E-state index contributed by atoms with van der Waals surface area (Å²) >= 11 is 0. The fourth-order valence-electron chi connectivity index (χ4n) is 1.30. The lowest BCUT2D eigenvalue weighted by atomic mass is 10.2. The Hall–Kier alpha value is -1.59. The van der Waals surface area contributed by atoms with Gasteiger partial charge in [0.1, 0.15) is 13.2 Å². The van der Waals surface area contributed by atoms with Gasteiger partial charge in [-0.3, -0.25) is 14.4 Å². The summed E-state index contributed by atoms with van der Waals surface area (Å²) in [7, 11) is 0. The molecule has 0 aromatic rings. The maximum absolute atomic E-state index is 11.5. The molecule has 110 valence electrons. The summed E-state index contributed by atoms with van der Waals surface area (Å²) in [5.74, 6) is -1.33. The van der Waals surface area contributed by atoms with Crippen molar-refractivity contribution in [3.8, 4) is 0 Å². The lowest BCUT2D eigenvalue weighted by molar-refractivity contribution is -0.165. The number of rotatable bonds is 9. The highest BCUT2D eigenvalue weighted by atomic mass is 16.6. The molecule has 0 aliphatic heterocycles. The smallest absolute Gasteiger partial charge is 0.306 e. The summed E-state index contributed by atoms with van der Waals surface area (Å²) in [6.07, 6.45) is 2.28. The SMILES string of the molecule is CCCCCC(=O)OC(COC(C)=O)COC(C)=O. The zero-order valence-electron chi connectivity index (χ0n) is 11.8. The van der Waals surface area contributed by atoms with Crippen molar-refractivity contribution in [1.82, 2.24) is 0 Å². The first-order valence-electron chi connectivity index (χ1n) is 6.41. The number of hydrogen-bond acceptors (Lipinski definition) is 6. The summed E-state index contributed by atoms with van der Waals surface area (Å²) < 4.78 is 14.6. The molecule has 0 N–H and O–H groups in total. The minimum absolute atomic E-state index is 0.109. The van der Waals surface area contributed by atoms with E-state index in [1.165, 1.54) is 13.8 Å². The molecular weight excluding hydrogens is 252 g/mol. The molecule has 0 fully saturated rings. The molecule has 6 nitrogen and oxygen atoms in total. The fraction of sp³-hybridized carbons (Fsp3) is 0.769. The van der Waals surface area contributed by atoms with E-state index in [4.69, 9.17) is 14.2 Å². The monoisotopic (exact) mass is 274 g/mol. The van der Waals surface area contributed by atoms with Crippen molar-refractivity contribution < 1.29 is 28.6 Å². The summed E-state index contributed by atoms with van der Waals surface area (Å²) in [6, 6.07) is 0. The quantitative estimate of drug-likeness (QED) is 0.361. The molecule has 0 rings (SSSR count). The van der Waals surface area contributed by atoms with Crippen LogP contribution in [-0.4, -0.2) is 37.2 Å². The fourth-order valence-corrected chi connectivity index (χ4v) is 1.30. The van der Waals surface area contributed by atoms with Gasteiger partial charge in [-0.15, -0.1) is 0 Å². The van der Waals surface area contributed by atoms with Gasteiger partial charge in [-0.25, -0.2) is 0 Å². The van der Waals surface area contributed by atoms with Crippen LogP contribution >= 0.6 is 0 Å². The second kappa shape index (κ2) is 10.3. The van der Waals surface area contributed by atoms with E-state index < -0.39 is 18.0 Å². The molecule has 0 saturated carbocycles. The van der Waals surface area contributed by atoms with Crippen molar-refractivity contribution in [2.24, 2.45) is 0 Å². The van der Waals surface area contributed by atoms with Crippen LogP contribution in [0.3, 0.4) is 0 Å². The first kappa shape index (κ1) is 17.4. The van der Waals surface area contributed by atoms with Gasteiger partial charge in [0, 0.05) is 20.3 Å². The topological polar surface area (TPSA) is 78.9 Å². The Bertz CT molecular complexity index is 282. The molecular formula is C13H22O6. The molecule has 0 bridgehead atoms. The third kappa shape index (κ3) is 11.2. The van der Waals surface area contributed by atoms with Crippen LogP contribution in [0.25, 0.3) is 0 Å². The average molecular weight is 274 g/mol. The van der Waals surface area contributed by atoms with Crippen molar-refractivity contribution in [3.05, 3.63) is 0 Å². The average Bonchev–Trinajstić information content (AvgIpc) is 2.32. The highest BCUT2D eigenvalue weighted by molar-refractivity contribution is 5.70. The molecule has 0 spiro atoms. The van der Waals surface area contributed by atoms with Crippen LogP contribution in [-0.2, 0) is 28.6 Å². The molecule has 6 heteroatoms. The zero-order chi connectivity index (χ0) is 14.7. The van der Waals surface area contributed by atoms with Crippen LogP contribution in [0, 0.1) is 0 Å².